The Bertz CT molecular complexity index is 794. The number of ether oxygens (including phenoxy) is 1. The number of benzene rings is 2. The van der Waals surface area contributed by atoms with E-state index in [9.17, 15) is 4.79 Å². The van der Waals surface area contributed by atoms with Gasteiger partial charge >= 0.3 is 0 Å². The smallest absolute Gasteiger partial charge is 0.238 e. The highest BCUT2D eigenvalue weighted by molar-refractivity contribution is 6.09. The predicted octanol–water partition coefficient (Wildman–Crippen LogP) is 3.65. The number of fused-ring (bicyclic) bond motifs is 2. The van der Waals surface area contributed by atoms with Gasteiger partial charge in [-0.15, -0.1) is 0 Å². The molecule has 1 heterocycles. The van der Waals surface area contributed by atoms with Gasteiger partial charge in [0, 0.05) is 18.7 Å². The maximum atomic E-state index is 13.2. The lowest BCUT2D eigenvalue weighted by molar-refractivity contribution is -0.123. The van der Waals surface area contributed by atoms with Gasteiger partial charge < -0.3 is 9.64 Å². The molecule has 23 heavy (non-hydrogen) atoms. The summed E-state index contributed by atoms with van der Waals surface area (Å²) >= 11 is 0. The van der Waals surface area contributed by atoms with Crippen molar-refractivity contribution >= 4 is 11.6 Å². The van der Waals surface area contributed by atoms with Gasteiger partial charge in [-0.1, -0.05) is 42.5 Å². The Labute approximate surface area is 136 Å². The highest BCUT2D eigenvalue weighted by Gasteiger charge is 2.55. The molecule has 1 amide bonds. The van der Waals surface area contributed by atoms with Crippen LogP contribution in [-0.2, 0) is 10.2 Å². The molecule has 0 saturated carbocycles. The van der Waals surface area contributed by atoms with Crippen molar-refractivity contribution < 1.29 is 9.53 Å². The summed E-state index contributed by atoms with van der Waals surface area (Å²) in [5.74, 6) is 1.08. The summed E-state index contributed by atoms with van der Waals surface area (Å²) in [5, 5.41) is 0. The van der Waals surface area contributed by atoms with Crippen LogP contribution in [0.2, 0.25) is 0 Å². The molecule has 1 aliphatic carbocycles. The Morgan fingerprint density at radius 3 is 2.61 bits per heavy atom. The molecule has 0 N–H and O–H groups in total. The zero-order valence-electron chi connectivity index (χ0n) is 13.3. The van der Waals surface area contributed by atoms with Crippen molar-refractivity contribution in [1.82, 2.24) is 0 Å². The van der Waals surface area contributed by atoms with E-state index in [-0.39, 0.29) is 11.8 Å². The molecule has 0 saturated heterocycles. The fourth-order valence-electron chi connectivity index (χ4n) is 4.05. The van der Waals surface area contributed by atoms with Crippen LogP contribution in [-0.4, -0.2) is 20.1 Å². The Hall–Kier alpha value is -2.55. The minimum Gasteiger partial charge on any atom is -0.497 e. The average molecular weight is 305 g/mol. The molecule has 3 nitrogen and oxygen atoms in total. The van der Waals surface area contributed by atoms with E-state index >= 15 is 0 Å². The van der Waals surface area contributed by atoms with E-state index in [1.165, 1.54) is 0 Å². The Morgan fingerprint density at radius 2 is 1.87 bits per heavy atom. The van der Waals surface area contributed by atoms with E-state index in [1.54, 1.807) is 12.0 Å². The minimum absolute atomic E-state index is 0.0620. The van der Waals surface area contributed by atoms with Gasteiger partial charge in [0.2, 0.25) is 5.91 Å². The Kier molecular flexibility index (Phi) is 3.05. The fourth-order valence-corrected chi connectivity index (χ4v) is 4.05. The second-order valence-corrected chi connectivity index (χ2v) is 6.24. The number of hydrogen-bond donors (Lipinski definition) is 0. The fraction of sp³-hybridized carbons (Fsp3) is 0.250. The van der Waals surface area contributed by atoms with Crippen LogP contribution in [0.4, 0.5) is 5.69 Å². The molecular weight excluding hydrogens is 286 g/mol. The molecular formula is C20H19NO2. The SMILES string of the molecule is COc1ccc(C2C=CCC23C(=O)N(C)c2ccccc23)cc1. The maximum Gasteiger partial charge on any atom is 0.238 e. The van der Waals surface area contributed by atoms with Crippen molar-refractivity contribution in [3.05, 3.63) is 71.8 Å². The summed E-state index contributed by atoms with van der Waals surface area (Å²) in [5.41, 5.74) is 2.82. The number of methoxy groups -OCH3 is 1. The standard InChI is InChI=1S/C20H19NO2/c1-21-18-8-4-3-6-17(18)20(19(21)22)13-5-7-16(20)14-9-11-15(23-2)12-10-14/h3-12,16H,13H2,1-2H3. The Balaban J connectivity index is 1.85. The molecule has 0 radical (unpaired) electrons. The number of amides is 1. The largest absolute Gasteiger partial charge is 0.497 e. The molecule has 0 aromatic heterocycles. The number of allylic oxidation sites excluding steroid dienone is 2. The summed E-state index contributed by atoms with van der Waals surface area (Å²) in [6.07, 6.45) is 5.07. The number of carbonyl (C=O) groups excluding carboxylic acids is 1. The molecule has 0 bridgehead atoms. The third kappa shape index (κ3) is 1.79. The number of rotatable bonds is 2. The lowest BCUT2D eigenvalue weighted by atomic mass is 9.70. The van der Waals surface area contributed by atoms with Crippen LogP contribution in [0.3, 0.4) is 0 Å². The third-order valence-electron chi connectivity index (χ3n) is 5.21. The van der Waals surface area contributed by atoms with Gasteiger partial charge in [-0.05, 0) is 35.7 Å². The van der Waals surface area contributed by atoms with Gasteiger partial charge in [0.05, 0.1) is 12.5 Å². The second kappa shape index (κ2) is 4.98. The summed E-state index contributed by atoms with van der Waals surface area (Å²) in [6.45, 7) is 0. The summed E-state index contributed by atoms with van der Waals surface area (Å²) in [6, 6.07) is 16.2. The number of nitrogens with zero attached hydrogens (tertiary/aromatic N) is 1. The van der Waals surface area contributed by atoms with E-state index in [0.29, 0.717) is 0 Å². The van der Waals surface area contributed by atoms with Gasteiger partial charge in [-0.2, -0.15) is 0 Å². The number of carbonyl (C=O) groups is 1. The van der Waals surface area contributed by atoms with E-state index in [1.807, 2.05) is 37.4 Å². The van der Waals surface area contributed by atoms with E-state index < -0.39 is 5.41 Å². The lowest BCUT2D eigenvalue weighted by Gasteiger charge is -2.30. The first-order valence-corrected chi connectivity index (χ1v) is 7.87. The van der Waals surface area contributed by atoms with Crippen LogP contribution in [0.1, 0.15) is 23.5 Å². The first kappa shape index (κ1) is 14.1. The molecule has 2 aromatic rings. The monoisotopic (exact) mass is 305 g/mol. The molecule has 2 aromatic carbocycles. The Morgan fingerprint density at radius 1 is 1.13 bits per heavy atom. The maximum absolute atomic E-state index is 13.2. The molecule has 2 unspecified atom stereocenters. The van der Waals surface area contributed by atoms with Crippen molar-refractivity contribution in [3.8, 4) is 5.75 Å². The number of anilines is 1. The molecule has 0 fully saturated rings. The normalized spacial score (nSPS) is 25.2. The topological polar surface area (TPSA) is 29.5 Å². The van der Waals surface area contributed by atoms with Gasteiger partial charge in [0.1, 0.15) is 5.75 Å². The molecule has 1 aliphatic heterocycles. The first-order valence-electron chi connectivity index (χ1n) is 7.87. The molecule has 2 aliphatic rings. The van der Waals surface area contributed by atoms with E-state index in [4.69, 9.17) is 4.74 Å². The van der Waals surface area contributed by atoms with E-state index in [0.717, 1.165) is 29.0 Å². The minimum atomic E-state index is -0.500. The average Bonchev–Trinajstić information content (AvgIpc) is 3.13. The van der Waals surface area contributed by atoms with Crippen LogP contribution < -0.4 is 9.64 Å². The van der Waals surface area contributed by atoms with Crippen molar-refractivity contribution in [3.63, 3.8) is 0 Å². The van der Waals surface area contributed by atoms with Crippen LogP contribution in [0.25, 0.3) is 0 Å². The van der Waals surface area contributed by atoms with E-state index in [2.05, 4.69) is 30.4 Å². The third-order valence-corrected chi connectivity index (χ3v) is 5.21. The van der Waals surface area contributed by atoms with Gasteiger partial charge in [-0.3, -0.25) is 4.79 Å². The van der Waals surface area contributed by atoms with Gasteiger partial charge in [0.15, 0.2) is 0 Å². The zero-order valence-corrected chi connectivity index (χ0v) is 13.3. The highest BCUT2D eigenvalue weighted by atomic mass is 16.5. The van der Waals surface area contributed by atoms with Gasteiger partial charge in [-0.25, -0.2) is 0 Å². The molecule has 4 rings (SSSR count). The van der Waals surface area contributed by atoms with Crippen LogP contribution in [0, 0.1) is 0 Å². The number of likely N-dealkylation sites (N-methyl/N-ethyl adjacent to an activating group) is 1. The van der Waals surface area contributed by atoms with Crippen molar-refractivity contribution in [2.75, 3.05) is 19.1 Å². The van der Waals surface area contributed by atoms with Crippen LogP contribution in [0.15, 0.2) is 60.7 Å². The number of hydrogen-bond acceptors (Lipinski definition) is 2. The van der Waals surface area contributed by atoms with Crippen molar-refractivity contribution in [2.24, 2.45) is 0 Å². The summed E-state index contributed by atoms with van der Waals surface area (Å²) < 4.78 is 5.25. The van der Waals surface area contributed by atoms with Crippen molar-refractivity contribution in [1.29, 1.82) is 0 Å². The zero-order chi connectivity index (χ0) is 16.0. The predicted molar refractivity (Wildman–Crippen MR) is 91.0 cm³/mol. The molecule has 116 valence electrons. The summed E-state index contributed by atoms with van der Waals surface area (Å²) in [4.78, 5) is 15.0. The molecule has 2 atom stereocenters. The van der Waals surface area contributed by atoms with Crippen LogP contribution in [0.5, 0.6) is 5.75 Å². The second-order valence-electron chi connectivity index (χ2n) is 6.24. The quantitative estimate of drug-likeness (QED) is 0.793. The molecule has 1 spiro atoms. The molecule has 3 heteroatoms. The van der Waals surface area contributed by atoms with Crippen LogP contribution >= 0.6 is 0 Å². The van der Waals surface area contributed by atoms with Crippen molar-refractivity contribution in [2.45, 2.75) is 17.8 Å². The lowest BCUT2D eigenvalue weighted by Crippen LogP contribution is -2.40. The number of para-hydroxylation sites is 1. The highest BCUT2D eigenvalue weighted by Crippen LogP contribution is 2.54. The summed E-state index contributed by atoms with van der Waals surface area (Å²) in [7, 11) is 3.54. The van der Waals surface area contributed by atoms with Gasteiger partial charge in [0.25, 0.3) is 0 Å². The first-order chi connectivity index (χ1) is 11.2.